The van der Waals surface area contributed by atoms with Crippen LogP contribution in [0.3, 0.4) is 0 Å². The monoisotopic (exact) mass is 401 g/mol. The van der Waals surface area contributed by atoms with Gasteiger partial charge in [-0.15, -0.1) is 0 Å². The van der Waals surface area contributed by atoms with Crippen LogP contribution in [0.1, 0.15) is 29.1 Å². The molecule has 2 rings (SSSR count). The van der Waals surface area contributed by atoms with E-state index in [0.717, 1.165) is 14.7 Å². The van der Waals surface area contributed by atoms with E-state index in [0.29, 0.717) is 11.3 Å². The van der Waals surface area contributed by atoms with Gasteiger partial charge in [-0.2, -0.15) is 0 Å². The Morgan fingerprint density at radius 3 is 2.75 bits per heavy atom. The van der Waals surface area contributed by atoms with Crippen molar-refractivity contribution in [3.8, 4) is 0 Å². The van der Waals surface area contributed by atoms with E-state index in [4.69, 9.17) is 9.15 Å². The molecular formula is C14H13Br2NO3. The number of carbonyl (C=O) groups is 1. The van der Waals surface area contributed by atoms with Crippen LogP contribution in [-0.4, -0.2) is 13.1 Å². The second kappa shape index (κ2) is 6.45. The summed E-state index contributed by atoms with van der Waals surface area (Å²) in [5.74, 6) is 0.386. The molecule has 0 saturated heterocycles. The van der Waals surface area contributed by atoms with Crippen LogP contribution in [0.4, 0.5) is 5.69 Å². The zero-order valence-corrected chi connectivity index (χ0v) is 14.1. The van der Waals surface area contributed by atoms with Crippen molar-refractivity contribution in [2.24, 2.45) is 0 Å². The van der Waals surface area contributed by atoms with Gasteiger partial charge < -0.3 is 14.5 Å². The van der Waals surface area contributed by atoms with E-state index in [1.807, 2.05) is 25.1 Å². The van der Waals surface area contributed by atoms with Crippen molar-refractivity contribution in [1.82, 2.24) is 0 Å². The maximum Gasteiger partial charge on any atom is 0.340 e. The van der Waals surface area contributed by atoms with Gasteiger partial charge in [-0.25, -0.2) is 4.79 Å². The van der Waals surface area contributed by atoms with Crippen LogP contribution in [0.15, 0.2) is 43.9 Å². The lowest BCUT2D eigenvalue weighted by Crippen LogP contribution is -2.12. The number of hydrogen-bond acceptors (Lipinski definition) is 4. The molecule has 1 aromatic carbocycles. The van der Waals surface area contributed by atoms with E-state index in [1.54, 1.807) is 12.3 Å². The number of hydrogen-bond donors (Lipinski definition) is 1. The molecule has 1 aromatic heterocycles. The van der Waals surface area contributed by atoms with Gasteiger partial charge in [0.05, 0.1) is 30.7 Å². The van der Waals surface area contributed by atoms with Crippen molar-refractivity contribution in [2.45, 2.75) is 13.0 Å². The molecule has 1 atom stereocenters. The Kier molecular flexibility index (Phi) is 4.88. The van der Waals surface area contributed by atoms with Gasteiger partial charge in [0.1, 0.15) is 5.76 Å². The molecule has 0 saturated carbocycles. The molecule has 106 valence electrons. The standard InChI is InChI=1S/C14H13Br2NO3/c1-8(12-4-3-5-20-12)17-13-10(14(18)19-2)6-9(15)7-11(13)16/h3-8,17H,1-2H3. The van der Waals surface area contributed by atoms with E-state index in [1.165, 1.54) is 7.11 Å². The second-order valence-electron chi connectivity index (χ2n) is 4.18. The fourth-order valence-corrected chi connectivity index (χ4v) is 3.16. The molecule has 6 heteroatoms. The quantitative estimate of drug-likeness (QED) is 0.748. The van der Waals surface area contributed by atoms with Crippen LogP contribution in [0, 0.1) is 0 Å². The highest BCUT2D eigenvalue weighted by Gasteiger charge is 2.19. The van der Waals surface area contributed by atoms with Gasteiger partial charge >= 0.3 is 5.97 Å². The normalized spacial score (nSPS) is 12.0. The van der Waals surface area contributed by atoms with Crippen LogP contribution in [0.5, 0.6) is 0 Å². The summed E-state index contributed by atoms with van der Waals surface area (Å²) in [6, 6.07) is 7.20. The zero-order chi connectivity index (χ0) is 14.7. The molecule has 0 amide bonds. The first kappa shape index (κ1) is 15.1. The van der Waals surface area contributed by atoms with Gasteiger partial charge in [-0.3, -0.25) is 0 Å². The Hall–Kier alpha value is -1.27. The molecule has 20 heavy (non-hydrogen) atoms. The van der Waals surface area contributed by atoms with Gasteiger partial charge in [-0.05, 0) is 47.1 Å². The van der Waals surface area contributed by atoms with Crippen molar-refractivity contribution in [3.05, 3.63) is 50.8 Å². The lowest BCUT2D eigenvalue weighted by atomic mass is 10.1. The molecule has 1 unspecified atom stereocenters. The number of carbonyl (C=O) groups excluding carboxylic acids is 1. The lowest BCUT2D eigenvalue weighted by molar-refractivity contribution is 0.0601. The molecule has 2 aromatic rings. The van der Waals surface area contributed by atoms with E-state index >= 15 is 0 Å². The number of anilines is 1. The van der Waals surface area contributed by atoms with Crippen molar-refractivity contribution in [1.29, 1.82) is 0 Å². The first-order valence-electron chi connectivity index (χ1n) is 5.90. The maximum atomic E-state index is 11.9. The summed E-state index contributed by atoms with van der Waals surface area (Å²) in [4.78, 5) is 11.9. The highest BCUT2D eigenvalue weighted by molar-refractivity contribution is 9.11. The fourth-order valence-electron chi connectivity index (χ4n) is 1.82. The highest BCUT2D eigenvalue weighted by atomic mass is 79.9. The molecule has 0 spiro atoms. The minimum atomic E-state index is -0.402. The van der Waals surface area contributed by atoms with Crippen molar-refractivity contribution in [2.75, 3.05) is 12.4 Å². The third-order valence-electron chi connectivity index (χ3n) is 2.79. The number of rotatable bonds is 4. The largest absolute Gasteiger partial charge is 0.467 e. The van der Waals surface area contributed by atoms with Crippen LogP contribution >= 0.6 is 31.9 Å². The maximum absolute atomic E-state index is 11.9. The van der Waals surface area contributed by atoms with Crippen molar-refractivity contribution in [3.63, 3.8) is 0 Å². The number of esters is 1. The van der Waals surface area contributed by atoms with Gasteiger partial charge in [-0.1, -0.05) is 15.9 Å². The summed E-state index contributed by atoms with van der Waals surface area (Å²) >= 11 is 6.82. The second-order valence-corrected chi connectivity index (χ2v) is 5.95. The molecule has 0 fully saturated rings. The molecule has 0 bridgehead atoms. The van der Waals surface area contributed by atoms with Crippen molar-refractivity contribution < 1.29 is 13.9 Å². The van der Waals surface area contributed by atoms with E-state index < -0.39 is 5.97 Å². The topological polar surface area (TPSA) is 51.5 Å². The number of methoxy groups -OCH3 is 1. The minimum Gasteiger partial charge on any atom is -0.467 e. The van der Waals surface area contributed by atoms with Crippen molar-refractivity contribution >= 4 is 43.5 Å². The fraction of sp³-hybridized carbons (Fsp3) is 0.214. The lowest BCUT2D eigenvalue weighted by Gasteiger charge is -2.17. The number of furan rings is 1. The number of benzene rings is 1. The van der Waals surface area contributed by atoms with Crippen LogP contribution in [0.2, 0.25) is 0 Å². The summed E-state index contributed by atoms with van der Waals surface area (Å²) in [7, 11) is 1.36. The molecule has 1 heterocycles. The Labute approximate surface area is 133 Å². The van der Waals surface area contributed by atoms with Crippen LogP contribution in [0.25, 0.3) is 0 Å². The van der Waals surface area contributed by atoms with Gasteiger partial charge in [0.2, 0.25) is 0 Å². The van der Waals surface area contributed by atoms with Gasteiger partial charge in [0, 0.05) is 8.95 Å². The predicted octanol–water partition coefficient (Wildman–Crippen LogP) is 4.76. The molecule has 0 radical (unpaired) electrons. The van der Waals surface area contributed by atoms with Crippen LogP contribution < -0.4 is 5.32 Å². The molecule has 4 nitrogen and oxygen atoms in total. The predicted molar refractivity (Wildman–Crippen MR) is 83.9 cm³/mol. The summed E-state index contributed by atoms with van der Waals surface area (Å²) in [5.41, 5.74) is 1.12. The summed E-state index contributed by atoms with van der Waals surface area (Å²) in [6.07, 6.45) is 1.62. The number of nitrogens with one attached hydrogen (secondary N) is 1. The minimum absolute atomic E-state index is 0.0779. The van der Waals surface area contributed by atoms with Gasteiger partial charge in [0.25, 0.3) is 0 Å². The summed E-state index contributed by atoms with van der Waals surface area (Å²) < 4.78 is 11.7. The summed E-state index contributed by atoms with van der Waals surface area (Å²) in [5, 5.41) is 3.26. The summed E-state index contributed by atoms with van der Waals surface area (Å²) in [6.45, 7) is 1.95. The van der Waals surface area contributed by atoms with Gasteiger partial charge in [0.15, 0.2) is 0 Å². The Morgan fingerprint density at radius 2 is 2.15 bits per heavy atom. The van der Waals surface area contributed by atoms with E-state index in [2.05, 4.69) is 37.2 Å². The molecule has 0 aliphatic heterocycles. The Balaban J connectivity index is 2.37. The van der Waals surface area contributed by atoms with Crippen LogP contribution in [-0.2, 0) is 4.74 Å². The molecule has 0 aliphatic rings. The smallest absolute Gasteiger partial charge is 0.340 e. The molecular weight excluding hydrogens is 390 g/mol. The number of ether oxygens (including phenoxy) is 1. The Bertz CT molecular complexity index is 611. The number of halogens is 2. The highest BCUT2D eigenvalue weighted by Crippen LogP contribution is 2.33. The Morgan fingerprint density at radius 1 is 1.40 bits per heavy atom. The zero-order valence-electron chi connectivity index (χ0n) is 10.9. The average Bonchev–Trinajstić information content (AvgIpc) is 2.94. The van der Waals surface area contributed by atoms with E-state index in [9.17, 15) is 4.79 Å². The molecule has 0 aliphatic carbocycles. The average molecular weight is 403 g/mol. The molecule has 1 N–H and O–H groups in total. The first-order chi connectivity index (χ1) is 9.52. The third kappa shape index (κ3) is 3.24. The van der Waals surface area contributed by atoms with E-state index in [-0.39, 0.29) is 6.04 Å². The first-order valence-corrected chi connectivity index (χ1v) is 7.49. The third-order valence-corrected chi connectivity index (χ3v) is 3.87. The SMILES string of the molecule is COC(=O)c1cc(Br)cc(Br)c1NC(C)c1ccco1.